The summed E-state index contributed by atoms with van der Waals surface area (Å²) in [5.41, 5.74) is 0. The average Bonchev–Trinajstić information content (AvgIpc) is 2.20. The number of hydrogen-bond donors (Lipinski definition) is 2. The maximum Gasteiger partial charge on any atom is 0.408 e. The van der Waals surface area contributed by atoms with Gasteiger partial charge in [-0.3, -0.25) is 0 Å². The van der Waals surface area contributed by atoms with Gasteiger partial charge >= 0.3 is 12.1 Å². The molecule has 0 aliphatic carbocycles. The Hall–Kier alpha value is -1.52. The molecule has 2 N–H and O–H groups in total. The zero-order valence-corrected chi connectivity index (χ0v) is 8.86. The third-order valence-electron chi connectivity index (χ3n) is 1.77. The van der Waals surface area contributed by atoms with Gasteiger partial charge in [0.25, 0.3) is 0 Å². The maximum atomic E-state index is 11.0. The van der Waals surface area contributed by atoms with E-state index in [1.54, 1.807) is 0 Å². The van der Waals surface area contributed by atoms with Gasteiger partial charge in [0, 0.05) is 0 Å². The second kappa shape index (κ2) is 7.84. The van der Waals surface area contributed by atoms with Crippen molar-refractivity contribution in [1.82, 2.24) is 5.32 Å². The molecule has 0 rings (SSSR count). The minimum atomic E-state index is -1.04. The van der Waals surface area contributed by atoms with Gasteiger partial charge < -0.3 is 15.2 Å². The number of rotatable bonds is 7. The summed E-state index contributed by atoms with van der Waals surface area (Å²) in [6.07, 6.45) is 2.74. The van der Waals surface area contributed by atoms with Gasteiger partial charge in [-0.2, -0.15) is 0 Å². The van der Waals surface area contributed by atoms with E-state index in [-0.39, 0.29) is 6.61 Å². The molecule has 0 spiro atoms. The number of hydrogen-bond acceptors (Lipinski definition) is 3. The smallest absolute Gasteiger partial charge is 0.408 e. The number of ether oxygens (including phenoxy) is 1. The second-order valence-electron chi connectivity index (χ2n) is 3.06. The average molecular weight is 215 g/mol. The summed E-state index contributed by atoms with van der Waals surface area (Å²) in [6, 6.07) is -0.873. The standard InChI is InChI=1S/C10H17NO4/c1-3-5-6-8(9(12)13)11-10(14)15-7-4-2/h4,8H,2-3,5-7H2,1H3,(H,11,14)(H,12,13)/t8-/m0/s1. The Kier molecular flexibility index (Phi) is 7.05. The lowest BCUT2D eigenvalue weighted by atomic mass is 10.1. The molecule has 0 aromatic heterocycles. The molecular weight excluding hydrogens is 198 g/mol. The van der Waals surface area contributed by atoms with Crippen molar-refractivity contribution in [2.45, 2.75) is 32.2 Å². The Labute approximate surface area is 89.1 Å². The Morgan fingerprint density at radius 1 is 1.60 bits per heavy atom. The van der Waals surface area contributed by atoms with Gasteiger partial charge in [0.15, 0.2) is 0 Å². The van der Waals surface area contributed by atoms with Crippen LogP contribution in [-0.4, -0.2) is 29.8 Å². The Morgan fingerprint density at radius 2 is 2.27 bits per heavy atom. The van der Waals surface area contributed by atoms with Crippen LogP contribution in [0.5, 0.6) is 0 Å². The summed E-state index contributed by atoms with van der Waals surface area (Å²) < 4.78 is 4.62. The summed E-state index contributed by atoms with van der Waals surface area (Å²) >= 11 is 0. The monoisotopic (exact) mass is 215 g/mol. The Balaban J connectivity index is 3.98. The van der Waals surface area contributed by atoms with Crippen molar-refractivity contribution in [2.24, 2.45) is 0 Å². The molecule has 0 fully saturated rings. The number of unbranched alkanes of at least 4 members (excludes halogenated alkanes) is 1. The first-order chi connectivity index (χ1) is 7.11. The van der Waals surface area contributed by atoms with Gasteiger partial charge in [-0.25, -0.2) is 9.59 Å². The molecule has 0 aromatic rings. The molecule has 15 heavy (non-hydrogen) atoms. The van der Waals surface area contributed by atoms with E-state index < -0.39 is 18.1 Å². The first kappa shape index (κ1) is 13.5. The van der Waals surface area contributed by atoms with Crippen LogP contribution in [-0.2, 0) is 9.53 Å². The lowest BCUT2D eigenvalue weighted by molar-refractivity contribution is -0.139. The predicted molar refractivity (Wildman–Crippen MR) is 55.6 cm³/mol. The topological polar surface area (TPSA) is 75.6 Å². The minimum Gasteiger partial charge on any atom is -0.480 e. The molecule has 5 nitrogen and oxygen atoms in total. The number of carboxylic acids is 1. The molecule has 0 unspecified atom stereocenters. The van der Waals surface area contributed by atoms with Crippen molar-refractivity contribution < 1.29 is 19.4 Å². The lowest BCUT2D eigenvalue weighted by Crippen LogP contribution is -2.41. The van der Waals surface area contributed by atoms with Crippen LogP contribution in [0, 0.1) is 0 Å². The number of alkyl carbamates (subject to hydrolysis) is 1. The van der Waals surface area contributed by atoms with E-state index in [4.69, 9.17) is 5.11 Å². The highest BCUT2D eigenvalue weighted by Crippen LogP contribution is 2.01. The number of amides is 1. The molecular formula is C10H17NO4. The highest BCUT2D eigenvalue weighted by Gasteiger charge is 2.19. The molecule has 0 aromatic carbocycles. The van der Waals surface area contributed by atoms with Crippen LogP contribution < -0.4 is 5.32 Å². The fraction of sp³-hybridized carbons (Fsp3) is 0.600. The summed E-state index contributed by atoms with van der Waals surface area (Å²) in [7, 11) is 0. The van der Waals surface area contributed by atoms with E-state index in [2.05, 4.69) is 16.6 Å². The zero-order chi connectivity index (χ0) is 11.7. The zero-order valence-electron chi connectivity index (χ0n) is 8.86. The third-order valence-corrected chi connectivity index (χ3v) is 1.77. The van der Waals surface area contributed by atoms with Gasteiger partial charge in [-0.15, -0.1) is 0 Å². The summed E-state index contributed by atoms with van der Waals surface area (Å²) in [5, 5.41) is 11.1. The summed E-state index contributed by atoms with van der Waals surface area (Å²) in [4.78, 5) is 21.8. The molecule has 5 heteroatoms. The quantitative estimate of drug-likeness (QED) is 0.632. The molecule has 0 bridgehead atoms. The van der Waals surface area contributed by atoms with Crippen LogP contribution in [0.1, 0.15) is 26.2 Å². The number of nitrogens with one attached hydrogen (secondary N) is 1. The van der Waals surface area contributed by atoms with Crippen LogP contribution in [0.3, 0.4) is 0 Å². The van der Waals surface area contributed by atoms with E-state index in [9.17, 15) is 9.59 Å². The number of carbonyl (C=O) groups is 2. The van der Waals surface area contributed by atoms with Gasteiger partial charge in [-0.1, -0.05) is 32.4 Å². The van der Waals surface area contributed by atoms with Crippen molar-refractivity contribution >= 4 is 12.1 Å². The van der Waals surface area contributed by atoms with E-state index >= 15 is 0 Å². The molecule has 0 saturated carbocycles. The fourth-order valence-corrected chi connectivity index (χ4v) is 0.984. The lowest BCUT2D eigenvalue weighted by Gasteiger charge is -2.13. The van der Waals surface area contributed by atoms with Crippen molar-refractivity contribution in [3.05, 3.63) is 12.7 Å². The van der Waals surface area contributed by atoms with Crippen LogP contribution >= 0.6 is 0 Å². The number of aliphatic carboxylic acids is 1. The SMILES string of the molecule is C=CCOC(=O)N[C@@H](CCCC)C(=O)O. The highest BCUT2D eigenvalue weighted by atomic mass is 16.5. The van der Waals surface area contributed by atoms with E-state index in [0.29, 0.717) is 6.42 Å². The van der Waals surface area contributed by atoms with Crippen molar-refractivity contribution in [1.29, 1.82) is 0 Å². The van der Waals surface area contributed by atoms with Crippen LogP contribution in [0.4, 0.5) is 4.79 Å². The van der Waals surface area contributed by atoms with Gasteiger partial charge in [0.1, 0.15) is 12.6 Å². The third kappa shape index (κ3) is 6.54. The van der Waals surface area contributed by atoms with Crippen molar-refractivity contribution in [3.63, 3.8) is 0 Å². The summed E-state index contributed by atoms with van der Waals surface area (Å²) in [6.45, 7) is 5.40. The maximum absolute atomic E-state index is 11.0. The van der Waals surface area contributed by atoms with Crippen molar-refractivity contribution in [3.8, 4) is 0 Å². The normalized spacial score (nSPS) is 11.5. The number of carboxylic acid groups (broad SMARTS) is 1. The van der Waals surface area contributed by atoms with Crippen LogP contribution in [0.2, 0.25) is 0 Å². The molecule has 1 amide bonds. The van der Waals surface area contributed by atoms with E-state index in [1.807, 2.05) is 6.92 Å². The molecule has 0 saturated heterocycles. The Bertz CT molecular complexity index is 227. The first-order valence-corrected chi connectivity index (χ1v) is 4.88. The molecule has 0 aliphatic heterocycles. The fourth-order valence-electron chi connectivity index (χ4n) is 0.984. The minimum absolute atomic E-state index is 0.0753. The Morgan fingerprint density at radius 3 is 2.73 bits per heavy atom. The van der Waals surface area contributed by atoms with Gasteiger partial charge in [0.2, 0.25) is 0 Å². The molecule has 1 atom stereocenters. The van der Waals surface area contributed by atoms with Crippen LogP contribution in [0.25, 0.3) is 0 Å². The highest BCUT2D eigenvalue weighted by molar-refractivity contribution is 5.79. The van der Waals surface area contributed by atoms with Gasteiger partial charge in [0.05, 0.1) is 0 Å². The van der Waals surface area contributed by atoms with E-state index in [0.717, 1.165) is 12.8 Å². The molecule has 0 heterocycles. The number of carbonyl (C=O) groups excluding carboxylic acids is 1. The van der Waals surface area contributed by atoms with Crippen molar-refractivity contribution in [2.75, 3.05) is 6.61 Å². The van der Waals surface area contributed by atoms with Gasteiger partial charge in [-0.05, 0) is 6.42 Å². The molecule has 86 valence electrons. The first-order valence-electron chi connectivity index (χ1n) is 4.88. The summed E-state index contributed by atoms with van der Waals surface area (Å²) in [5.74, 6) is -1.04. The molecule has 0 radical (unpaired) electrons. The predicted octanol–water partition coefficient (Wildman–Crippen LogP) is 1.54. The van der Waals surface area contributed by atoms with E-state index in [1.165, 1.54) is 6.08 Å². The van der Waals surface area contributed by atoms with Crippen LogP contribution in [0.15, 0.2) is 12.7 Å². The largest absolute Gasteiger partial charge is 0.480 e. The second-order valence-corrected chi connectivity index (χ2v) is 3.06. The molecule has 0 aliphatic rings.